The van der Waals surface area contributed by atoms with Gasteiger partial charge in [-0.25, -0.2) is 0 Å². The fraction of sp³-hybridized carbons (Fsp3) is 1.00. The van der Waals surface area contributed by atoms with Crippen LogP contribution in [0.25, 0.3) is 0 Å². The molecule has 0 aromatic rings. The van der Waals surface area contributed by atoms with Crippen molar-refractivity contribution in [2.75, 3.05) is 39.9 Å². The van der Waals surface area contributed by atoms with Crippen molar-refractivity contribution < 1.29 is 13.2 Å². The lowest BCUT2D eigenvalue weighted by Gasteiger charge is -2.30. The summed E-state index contributed by atoms with van der Waals surface area (Å²) in [5.74, 6) is 0. The number of morpholine rings is 1. The van der Waals surface area contributed by atoms with Crippen LogP contribution >= 0.6 is 11.6 Å². The minimum absolute atomic E-state index is 0.189. The van der Waals surface area contributed by atoms with Crippen molar-refractivity contribution in [3.63, 3.8) is 0 Å². The van der Waals surface area contributed by atoms with E-state index >= 15 is 0 Å². The zero-order valence-electron chi connectivity index (χ0n) is 9.02. The summed E-state index contributed by atoms with van der Waals surface area (Å²) in [6.07, 6.45) is 0. The highest BCUT2D eigenvalue weighted by atomic mass is 35.5. The molecular weight excluding hydrogens is 240 g/mol. The average Bonchev–Trinajstić information content (AvgIpc) is 2.18. The number of hydrogen-bond acceptors (Lipinski definition) is 3. The number of rotatable bonds is 4. The molecule has 1 aliphatic rings. The van der Waals surface area contributed by atoms with Crippen molar-refractivity contribution in [1.82, 2.24) is 8.61 Å². The molecule has 1 fully saturated rings. The minimum Gasteiger partial charge on any atom is -0.379 e. The maximum absolute atomic E-state index is 12.0. The lowest BCUT2D eigenvalue weighted by atomic mass is 10.5. The number of alkyl halides is 1. The summed E-state index contributed by atoms with van der Waals surface area (Å²) in [5, 5.41) is -0.189. The molecule has 0 N–H and O–H groups in total. The maximum atomic E-state index is 12.0. The highest BCUT2D eigenvalue weighted by Gasteiger charge is 2.28. The van der Waals surface area contributed by atoms with Crippen LogP contribution in [0.15, 0.2) is 0 Å². The van der Waals surface area contributed by atoms with Gasteiger partial charge in [0.05, 0.1) is 13.2 Å². The Bertz CT molecular complexity index is 288. The van der Waals surface area contributed by atoms with Gasteiger partial charge in [0.1, 0.15) is 0 Å². The predicted molar refractivity (Wildman–Crippen MR) is 59.3 cm³/mol. The van der Waals surface area contributed by atoms with E-state index in [-0.39, 0.29) is 5.38 Å². The van der Waals surface area contributed by atoms with Gasteiger partial charge in [0.25, 0.3) is 10.2 Å². The monoisotopic (exact) mass is 256 g/mol. The zero-order chi connectivity index (χ0) is 11.5. The molecular formula is C8H17ClN2O3S. The van der Waals surface area contributed by atoms with Gasteiger partial charge in [-0.15, -0.1) is 11.6 Å². The van der Waals surface area contributed by atoms with E-state index in [0.717, 1.165) is 0 Å². The van der Waals surface area contributed by atoms with Crippen LogP contribution < -0.4 is 0 Å². The van der Waals surface area contributed by atoms with Gasteiger partial charge in [-0.2, -0.15) is 17.0 Å². The topological polar surface area (TPSA) is 49.9 Å². The maximum Gasteiger partial charge on any atom is 0.281 e. The van der Waals surface area contributed by atoms with Crippen LogP contribution in [0.1, 0.15) is 6.92 Å². The molecule has 1 heterocycles. The third-order valence-corrected chi connectivity index (χ3v) is 4.29. The molecule has 1 rings (SSSR count). The van der Waals surface area contributed by atoms with Crippen LogP contribution in [0, 0.1) is 0 Å². The Morgan fingerprint density at radius 3 is 2.47 bits per heavy atom. The Morgan fingerprint density at radius 1 is 1.47 bits per heavy atom. The number of hydrogen-bond donors (Lipinski definition) is 0. The fourth-order valence-corrected chi connectivity index (χ4v) is 3.13. The summed E-state index contributed by atoms with van der Waals surface area (Å²) < 4.78 is 31.7. The first-order valence-electron chi connectivity index (χ1n) is 4.88. The summed E-state index contributed by atoms with van der Waals surface area (Å²) in [7, 11) is -1.81. The summed E-state index contributed by atoms with van der Waals surface area (Å²) >= 11 is 5.77. The van der Waals surface area contributed by atoms with Gasteiger partial charge in [-0.05, 0) is 6.92 Å². The van der Waals surface area contributed by atoms with Crippen LogP contribution in [-0.4, -0.2) is 62.3 Å². The van der Waals surface area contributed by atoms with Crippen LogP contribution in [0.3, 0.4) is 0 Å². The summed E-state index contributed by atoms with van der Waals surface area (Å²) in [6.45, 7) is 3.85. The van der Waals surface area contributed by atoms with Crippen molar-refractivity contribution in [2.24, 2.45) is 0 Å². The molecule has 0 saturated carbocycles. The van der Waals surface area contributed by atoms with E-state index in [2.05, 4.69) is 0 Å². The molecule has 0 amide bonds. The molecule has 1 aliphatic heterocycles. The Kier molecular flexibility index (Phi) is 4.79. The molecule has 0 aromatic carbocycles. The SMILES string of the molecule is CC(Cl)CN(C)S(=O)(=O)N1CCOCC1. The number of nitrogens with zero attached hydrogens (tertiary/aromatic N) is 2. The van der Waals surface area contributed by atoms with Gasteiger partial charge in [0.2, 0.25) is 0 Å². The van der Waals surface area contributed by atoms with Gasteiger partial charge in [0.15, 0.2) is 0 Å². The molecule has 1 unspecified atom stereocenters. The molecule has 0 bridgehead atoms. The minimum atomic E-state index is -3.35. The molecule has 7 heteroatoms. The average molecular weight is 257 g/mol. The van der Waals surface area contributed by atoms with E-state index in [1.807, 2.05) is 0 Å². The Morgan fingerprint density at radius 2 is 2.00 bits per heavy atom. The lowest BCUT2D eigenvalue weighted by molar-refractivity contribution is 0.0706. The van der Waals surface area contributed by atoms with Gasteiger partial charge < -0.3 is 4.74 Å². The summed E-state index contributed by atoms with van der Waals surface area (Å²) in [4.78, 5) is 0. The largest absolute Gasteiger partial charge is 0.379 e. The van der Waals surface area contributed by atoms with E-state index in [1.165, 1.54) is 8.61 Å². The van der Waals surface area contributed by atoms with Crippen molar-refractivity contribution in [3.8, 4) is 0 Å². The molecule has 5 nitrogen and oxygen atoms in total. The molecule has 90 valence electrons. The highest BCUT2D eigenvalue weighted by molar-refractivity contribution is 7.86. The van der Waals surface area contributed by atoms with Crippen molar-refractivity contribution in [2.45, 2.75) is 12.3 Å². The van der Waals surface area contributed by atoms with Crippen LogP contribution in [0.2, 0.25) is 0 Å². The Balaban J connectivity index is 2.63. The van der Waals surface area contributed by atoms with Crippen molar-refractivity contribution >= 4 is 21.8 Å². The third kappa shape index (κ3) is 3.57. The second kappa shape index (κ2) is 5.45. The van der Waals surface area contributed by atoms with Crippen molar-refractivity contribution in [1.29, 1.82) is 0 Å². The second-order valence-corrected chi connectivity index (χ2v) is 6.36. The first kappa shape index (κ1) is 13.2. The number of halogens is 1. The van der Waals surface area contributed by atoms with Gasteiger partial charge in [-0.3, -0.25) is 0 Å². The van der Waals surface area contributed by atoms with E-state index in [1.54, 1.807) is 14.0 Å². The predicted octanol–water partition coefficient (Wildman–Crippen LogP) is 0.123. The van der Waals surface area contributed by atoms with Gasteiger partial charge in [-0.1, -0.05) is 0 Å². The summed E-state index contributed by atoms with van der Waals surface area (Å²) in [5.41, 5.74) is 0. The molecule has 0 spiro atoms. The highest BCUT2D eigenvalue weighted by Crippen LogP contribution is 2.10. The van der Waals surface area contributed by atoms with E-state index in [9.17, 15) is 8.42 Å². The molecule has 1 atom stereocenters. The molecule has 0 radical (unpaired) electrons. The molecule has 15 heavy (non-hydrogen) atoms. The Hall–Kier alpha value is 0.120. The van der Waals surface area contributed by atoms with Crippen LogP contribution in [0.4, 0.5) is 0 Å². The lowest BCUT2D eigenvalue weighted by Crippen LogP contribution is -2.48. The first-order valence-corrected chi connectivity index (χ1v) is 6.71. The van der Waals surface area contributed by atoms with E-state index in [0.29, 0.717) is 32.8 Å². The van der Waals surface area contributed by atoms with Gasteiger partial charge >= 0.3 is 0 Å². The molecule has 1 saturated heterocycles. The zero-order valence-corrected chi connectivity index (χ0v) is 10.6. The summed E-state index contributed by atoms with van der Waals surface area (Å²) in [6, 6.07) is 0. The van der Waals surface area contributed by atoms with Crippen LogP contribution in [-0.2, 0) is 14.9 Å². The fourth-order valence-electron chi connectivity index (χ4n) is 1.42. The van der Waals surface area contributed by atoms with Crippen molar-refractivity contribution in [3.05, 3.63) is 0 Å². The van der Waals surface area contributed by atoms with E-state index in [4.69, 9.17) is 16.3 Å². The smallest absolute Gasteiger partial charge is 0.281 e. The molecule has 0 aliphatic carbocycles. The van der Waals surface area contributed by atoms with Gasteiger partial charge in [0, 0.05) is 32.1 Å². The quantitative estimate of drug-likeness (QED) is 0.672. The number of ether oxygens (including phenoxy) is 1. The Labute approximate surface area is 96.1 Å². The third-order valence-electron chi connectivity index (χ3n) is 2.20. The molecule has 0 aromatic heterocycles. The normalized spacial score (nSPS) is 21.9. The van der Waals surface area contributed by atoms with Crippen LogP contribution in [0.5, 0.6) is 0 Å². The standard InChI is InChI=1S/C8H17ClN2O3S/c1-8(9)7-10(2)15(12,13)11-3-5-14-6-4-11/h8H,3-7H2,1-2H3. The first-order chi connectivity index (χ1) is 6.94. The second-order valence-electron chi connectivity index (χ2n) is 3.58. The van der Waals surface area contributed by atoms with E-state index < -0.39 is 10.2 Å².